The molecule has 0 spiro atoms. The van der Waals surface area contributed by atoms with Gasteiger partial charge in [-0.25, -0.2) is 0 Å². The van der Waals surface area contributed by atoms with Crippen LogP contribution in [0.1, 0.15) is 49.0 Å². The van der Waals surface area contributed by atoms with Crippen molar-refractivity contribution in [2.24, 2.45) is 5.73 Å². The minimum atomic E-state index is -0.233. The third kappa shape index (κ3) is 3.84. The predicted octanol–water partition coefficient (Wildman–Crippen LogP) is 2.20. The summed E-state index contributed by atoms with van der Waals surface area (Å²) >= 11 is 0. The molecule has 0 aliphatic rings. The zero-order chi connectivity index (χ0) is 12.1. The Hall–Kier alpha value is -0.840. The second kappa shape index (κ2) is 7.48. The van der Waals surface area contributed by atoms with Crippen LogP contribution in [0, 0.1) is 6.92 Å². The van der Waals surface area contributed by atoms with Gasteiger partial charge in [0.1, 0.15) is 5.75 Å². The first-order valence-corrected chi connectivity index (χ1v) is 5.65. The van der Waals surface area contributed by atoms with Crippen LogP contribution in [0.4, 0.5) is 0 Å². The molecule has 4 N–H and O–H groups in total. The second-order valence-corrected chi connectivity index (χ2v) is 4.04. The van der Waals surface area contributed by atoms with Crippen LogP contribution < -0.4 is 5.73 Å². The van der Waals surface area contributed by atoms with Crippen molar-refractivity contribution in [1.82, 2.24) is 4.98 Å². The smallest absolute Gasteiger partial charge is 0.141 e. The molecule has 5 heteroatoms. The second-order valence-electron chi connectivity index (χ2n) is 4.04. The highest BCUT2D eigenvalue weighted by molar-refractivity contribution is 5.85. The molecule has 0 aliphatic heterocycles. The number of halogens is 1. The van der Waals surface area contributed by atoms with Gasteiger partial charge < -0.3 is 15.9 Å². The maximum Gasteiger partial charge on any atom is 0.141 e. The number of aliphatic hydroxyl groups is 1. The minimum Gasteiger partial charge on any atom is -0.506 e. The number of aromatic hydroxyl groups is 1. The topological polar surface area (TPSA) is 79.4 Å². The fraction of sp³-hybridized carbons (Fsp3) is 0.583. The van der Waals surface area contributed by atoms with Gasteiger partial charge in [-0.1, -0.05) is 19.8 Å². The number of hydrogen-bond acceptors (Lipinski definition) is 4. The molecule has 1 aromatic heterocycles. The van der Waals surface area contributed by atoms with Crippen LogP contribution in [0.5, 0.6) is 5.75 Å². The average Bonchev–Trinajstić information content (AvgIpc) is 2.29. The first kappa shape index (κ1) is 16.2. The highest BCUT2D eigenvalue weighted by Crippen LogP contribution is 2.31. The van der Waals surface area contributed by atoms with E-state index in [9.17, 15) is 10.2 Å². The number of hydrogen-bond donors (Lipinski definition) is 3. The molecular weight excluding hydrogens is 240 g/mol. The summed E-state index contributed by atoms with van der Waals surface area (Å²) in [5, 5.41) is 19.1. The van der Waals surface area contributed by atoms with Crippen LogP contribution in [0.15, 0.2) is 6.20 Å². The van der Waals surface area contributed by atoms with E-state index in [1.54, 1.807) is 13.1 Å². The largest absolute Gasteiger partial charge is 0.506 e. The van der Waals surface area contributed by atoms with E-state index in [2.05, 4.69) is 11.9 Å². The van der Waals surface area contributed by atoms with Gasteiger partial charge in [0.05, 0.1) is 12.3 Å². The molecule has 1 aromatic rings. The number of nitrogens with zero attached hydrogens (tertiary/aromatic N) is 1. The third-order valence-corrected chi connectivity index (χ3v) is 2.77. The van der Waals surface area contributed by atoms with E-state index in [-0.39, 0.29) is 30.8 Å². The predicted molar refractivity (Wildman–Crippen MR) is 70.3 cm³/mol. The Kier molecular flexibility index (Phi) is 7.11. The Labute approximate surface area is 108 Å². The number of aryl methyl sites for hydroxylation is 1. The average molecular weight is 261 g/mol. The monoisotopic (exact) mass is 260 g/mol. The molecule has 0 bridgehead atoms. The lowest BCUT2D eigenvalue weighted by Crippen LogP contribution is -2.14. The fourth-order valence-corrected chi connectivity index (χ4v) is 1.76. The number of unbranched alkanes of at least 4 members (excludes halogenated alkanes) is 1. The van der Waals surface area contributed by atoms with E-state index in [1.165, 1.54) is 0 Å². The van der Waals surface area contributed by atoms with Crippen LogP contribution in [0.3, 0.4) is 0 Å². The number of aromatic nitrogens is 1. The SMILES string of the molecule is CCCC[C@H](N)c1c(CO)cnc(C)c1O.Cl. The lowest BCUT2D eigenvalue weighted by atomic mass is 9.97. The van der Waals surface area contributed by atoms with Crippen molar-refractivity contribution in [2.75, 3.05) is 0 Å². The number of aliphatic hydroxyl groups excluding tert-OH is 1. The van der Waals surface area contributed by atoms with E-state index in [0.717, 1.165) is 19.3 Å². The standard InChI is InChI=1S/C12H20N2O2.ClH/c1-3-4-5-10(13)11-9(7-15)6-14-8(2)12(11)16;/h6,10,15-16H,3-5,7,13H2,1-2H3;1H/t10-;/m0./s1. The number of rotatable bonds is 5. The molecule has 0 radical (unpaired) electrons. The highest BCUT2D eigenvalue weighted by Gasteiger charge is 2.17. The van der Waals surface area contributed by atoms with Gasteiger partial charge in [-0.2, -0.15) is 0 Å². The van der Waals surface area contributed by atoms with Crippen LogP contribution in [0.2, 0.25) is 0 Å². The van der Waals surface area contributed by atoms with Crippen LogP contribution in [-0.2, 0) is 6.61 Å². The molecule has 1 rings (SSSR count). The molecule has 1 heterocycles. The molecular formula is C12H21ClN2O2. The molecule has 4 nitrogen and oxygen atoms in total. The van der Waals surface area contributed by atoms with E-state index < -0.39 is 0 Å². The molecule has 0 unspecified atom stereocenters. The summed E-state index contributed by atoms with van der Waals surface area (Å²) in [6, 6.07) is -0.233. The lowest BCUT2D eigenvalue weighted by molar-refractivity contribution is 0.277. The van der Waals surface area contributed by atoms with Gasteiger partial charge in [-0.3, -0.25) is 4.98 Å². The van der Waals surface area contributed by atoms with Gasteiger partial charge in [-0.15, -0.1) is 12.4 Å². The molecule has 0 aromatic carbocycles. The Bertz CT molecular complexity index is 359. The van der Waals surface area contributed by atoms with E-state index in [4.69, 9.17) is 5.73 Å². The Morgan fingerprint density at radius 3 is 2.65 bits per heavy atom. The van der Waals surface area contributed by atoms with Crippen molar-refractivity contribution in [3.63, 3.8) is 0 Å². The van der Waals surface area contributed by atoms with Crippen LogP contribution in [-0.4, -0.2) is 15.2 Å². The molecule has 0 saturated carbocycles. The molecule has 0 aliphatic carbocycles. The molecule has 98 valence electrons. The Balaban J connectivity index is 0.00000256. The Morgan fingerprint density at radius 1 is 1.47 bits per heavy atom. The van der Waals surface area contributed by atoms with Gasteiger partial charge in [0.2, 0.25) is 0 Å². The lowest BCUT2D eigenvalue weighted by Gasteiger charge is -2.17. The van der Waals surface area contributed by atoms with E-state index in [1.807, 2.05) is 0 Å². The van der Waals surface area contributed by atoms with Crippen molar-refractivity contribution in [2.45, 2.75) is 45.8 Å². The van der Waals surface area contributed by atoms with Crippen molar-refractivity contribution in [3.05, 3.63) is 23.0 Å². The maximum absolute atomic E-state index is 9.93. The first-order chi connectivity index (χ1) is 7.61. The number of nitrogens with two attached hydrogens (primary N) is 1. The quantitative estimate of drug-likeness (QED) is 0.758. The summed E-state index contributed by atoms with van der Waals surface area (Å²) in [4.78, 5) is 4.01. The summed E-state index contributed by atoms with van der Waals surface area (Å²) in [6.45, 7) is 3.68. The maximum atomic E-state index is 9.93. The first-order valence-electron chi connectivity index (χ1n) is 5.65. The minimum absolute atomic E-state index is 0. The summed E-state index contributed by atoms with van der Waals surface area (Å²) < 4.78 is 0. The van der Waals surface area contributed by atoms with Gasteiger partial charge in [0.15, 0.2) is 0 Å². The van der Waals surface area contributed by atoms with E-state index >= 15 is 0 Å². The number of pyridine rings is 1. The van der Waals surface area contributed by atoms with Gasteiger partial charge in [-0.05, 0) is 13.3 Å². The normalized spacial score (nSPS) is 12.0. The van der Waals surface area contributed by atoms with Gasteiger partial charge in [0.25, 0.3) is 0 Å². The Morgan fingerprint density at radius 2 is 2.12 bits per heavy atom. The molecule has 0 amide bonds. The van der Waals surface area contributed by atoms with Crippen LogP contribution in [0.25, 0.3) is 0 Å². The highest BCUT2D eigenvalue weighted by atomic mass is 35.5. The molecule has 1 atom stereocenters. The summed E-state index contributed by atoms with van der Waals surface area (Å²) in [6.07, 6.45) is 4.45. The summed E-state index contributed by atoms with van der Waals surface area (Å²) in [7, 11) is 0. The van der Waals surface area contributed by atoms with Crippen molar-refractivity contribution in [1.29, 1.82) is 0 Å². The zero-order valence-electron chi connectivity index (χ0n) is 10.3. The van der Waals surface area contributed by atoms with Crippen molar-refractivity contribution < 1.29 is 10.2 Å². The molecule has 17 heavy (non-hydrogen) atoms. The van der Waals surface area contributed by atoms with Gasteiger partial charge >= 0.3 is 0 Å². The van der Waals surface area contributed by atoms with Crippen molar-refractivity contribution in [3.8, 4) is 5.75 Å². The van der Waals surface area contributed by atoms with Gasteiger partial charge in [0, 0.05) is 23.4 Å². The summed E-state index contributed by atoms with van der Waals surface area (Å²) in [5.41, 5.74) is 7.84. The van der Waals surface area contributed by atoms with Crippen LogP contribution >= 0.6 is 12.4 Å². The fourth-order valence-electron chi connectivity index (χ4n) is 1.76. The zero-order valence-corrected chi connectivity index (χ0v) is 11.1. The third-order valence-electron chi connectivity index (χ3n) is 2.77. The molecule has 0 saturated heterocycles. The van der Waals surface area contributed by atoms with E-state index in [0.29, 0.717) is 16.8 Å². The molecule has 0 fully saturated rings. The van der Waals surface area contributed by atoms with Crippen molar-refractivity contribution >= 4 is 12.4 Å². The summed E-state index contributed by atoms with van der Waals surface area (Å²) in [5.74, 6) is 0.121.